The molecule has 1 nitrogen and oxygen atoms in total. The van der Waals surface area contributed by atoms with E-state index in [9.17, 15) is 4.79 Å². The first-order valence-corrected chi connectivity index (χ1v) is 4.03. The van der Waals surface area contributed by atoms with Gasteiger partial charge in [-0.3, -0.25) is 4.79 Å². The summed E-state index contributed by atoms with van der Waals surface area (Å²) in [7, 11) is 0. The predicted octanol–water partition coefficient (Wildman–Crippen LogP) is 1.93. The Morgan fingerprint density at radius 3 is 2.10 bits per heavy atom. The lowest BCUT2D eigenvalue weighted by Crippen LogP contribution is -2.08. The smallest absolute Gasteiger partial charge is 0.133 e. The monoisotopic (exact) mass is 136 g/mol. The SMILES string of the molecule is O=C1CC2CC=CC[C@H]2C1. The number of fused-ring (bicyclic) bond motifs is 1. The molecule has 1 unspecified atom stereocenters. The van der Waals surface area contributed by atoms with Crippen molar-refractivity contribution in [1.82, 2.24) is 0 Å². The van der Waals surface area contributed by atoms with Crippen molar-refractivity contribution in [1.29, 1.82) is 0 Å². The molecule has 0 aliphatic heterocycles. The van der Waals surface area contributed by atoms with E-state index in [4.69, 9.17) is 0 Å². The topological polar surface area (TPSA) is 17.1 Å². The van der Waals surface area contributed by atoms with Crippen LogP contribution in [0.15, 0.2) is 12.2 Å². The third-order valence-corrected chi connectivity index (χ3v) is 2.69. The van der Waals surface area contributed by atoms with Crippen LogP contribution in [0, 0.1) is 11.8 Å². The Morgan fingerprint density at radius 2 is 1.60 bits per heavy atom. The summed E-state index contributed by atoms with van der Waals surface area (Å²) in [5.41, 5.74) is 0. The van der Waals surface area contributed by atoms with Crippen molar-refractivity contribution in [2.45, 2.75) is 25.7 Å². The highest BCUT2D eigenvalue weighted by atomic mass is 16.1. The Kier molecular flexibility index (Phi) is 1.37. The fourth-order valence-corrected chi connectivity index (χ4v) is 2.10. The minimum atomic E-state index is 0.485. The first-order chi connectivity index (χ1) is 4.86. The van der Waals surface area contributed by atoms with E-state index in [-0.39, 0.29) is 0 Å². The van der Waals surface area contributed by atoms with Crippen LogP contribution >= 0.6 is 0 Å². The molecule has 10 heavy (non-hydrogen) atoms. The maximum Gasteiger partial charge on any atom is 0.133 e. The second-order valence-corrected chi connectivity index (χ2v) is 3.41. The van der Waals surface area contributed by atoms with Gasteiger partial charge in [-0.15, -0.1) is 0 Å². The van der Waals surface area contributed by atoms with Crippen LogP contribution in [0.1, 0.15) is 25.7 Å². The molecule has 0 N–H and O–H groups in total. The fraction of sp³-hybridized carbons (Fsp3) is 0.667. The maximum absolute atomic E-state index is 11.0. The van der Waals surface area contributed by atoms with E-state index in [0.717, 1.165) is 25.7 Å². The summed E-state index contributed by atoms with van der Waals surface area (Å²) in [6, 6.07) is 0. The van der Waals surface area contributed by atoms with E-state index in [0.29, 0.717) is 17.6 Å². The molecule has 1 fully saturated rings. The van der Waals surface area contributed by atoms with E-state index >= 15 is 0 Å². The summed E-state index contributed by atoms with van der Waals surface area (Å²) in [5, 5.41) is 0. The van der Waals surface area contributed by atoms with Crippen LogP contribution in [-0.4, -0.2) is 5.78 Å². The van der Waals surface area contributed by atoms with E-state index in [1.54, 1.807) is 0 Å². The van der Waals surface area contributed by atoms with E-state index in [2.05, 4.69) is 12.2 Å². The van der Waals surface area contributed by atoms with Crippen LogP contribution in [-0.2, 0) is 4.79 Å². The van der Waals surface area contributed by atoms with Crippen LogP contribution in [0.25, 0.3) is 0 Å². The molecule has 1 heteroatoms. The molecule has 1 saturated carbocycles. The van der Waals surface area contributed by atoms with E-state index in [1.165, 1.54) is 0 Å². The summed E-state index contributed by atoms with van der Waals surface area (Å²) >= 11 is 0. The first kappa shape index (κ1) is 6.14. The number of Topliss-reactive ketones (excluding diaryl/α,β-unsaturated/α-hetero) is 1. The lowest BCUT2D eigenvalue weighted by molar-refractivity contribution is -0.117. The molecular formula is C9H12O. The Balaban J connectivity index is 2.11. The number of rotatable bonds is 0. The van der Waals surface area contributed by atoms with Gasteiger partial charge in [-0.1, -0.05) is 12.2 Å². The normalized spacial score (nSPS) is 38.2. The van der Waals surface area contributed by atoms with E-state index in [1.807, 2.05) is 0 Å². The molecule has 2 aliphatic carbocycles. The summed E-state index contributed by atoms with van der Waals surface area (Å²) in [6.45, 7) is 0. The molecule has 0 heterocycles. The van der Waals surface area contributed by atoms with Gasteiger partial charge in [-0.25, -0.2) is 0 Å². The number of ketones is 1. The zero-order chi connectivity index (χ0) is 6.97. The van der Waals surface area contributed by atoms with Crippen molar-refractivity contribution in [3.8, 4) is 0 Å². The first-order valence-electron chi connectivity index (χ1n) is 4.03. The molecule has 0 bridgehead atoms. The fourth-order valence-electron chi connectivity index (χ4n) is 2.10. The van der Waals surface area contributed by atoms with Gasteiger partial charge >= 0.3 is 0 Å². The number of carbonyl (C=O) groups excluding carboxylic acids is 1. The van der Waals surface area contributed by atoms with Crippen molar-refractivity contribution in [2.24, 2.45) is 11.8 Å². The summed E-state index contributed by atoms with van der Waals surface area (Å²) in [4.78, 5) is 11.0. The largest absolute Gasteiger partial charge is 0.300 e. The van der Waals surface area contributed by atoms with Crippen LogP contribution in [0.5, 0.6) is 0 Å². The zero-order valence-electron chi connectivity index (χ0n) is 6.05. The molecule has 0 aromatic carbocycles. The average molecular weight is 136 g/mol. The van der Waals surface area contributed by atoms with Gasteiger partial charge in [0.15, 0.2) is 0 Å². The van der Waals surface area contributed by atoms with Crippen molar-refractivity contribution >= 4 is 5.78 Å². The molecule has 0 saturated heterocycles. The van der Waals surface area contributed by atoms with Crippen molar-refractivity contribution in [2.75, 3.05) is 0 Å². The quantitative estimate of drug-likeness (QED) is 0.465. The van der Waals surface area contributed by atoms with Gasteiger partial charge in [0, 0.05) is 12.8 Å². The molecule has 0 radical (unpaired) electrons. The molecule has 2 aliphatic rings. The highest BCUT2D eigenvalue weighted by Crippen LogP contribution is 2.37. The molecule has 2 atom stereocenters. The third kappa shape index (κ3) is 0.898. The van der Waals surface area contributed by atoms with Gasteiger partial charge in [0.25, 0.3) is 0 Å². The minimum absolute atomic E-state index is 0.485. The second kappa shape index (κ2) is 2.22. The lowest BCUT2D eigenvalue weighted by atomic mass is 9.86. The Bertz CT molecular complexity index is 163. The Hall–Kier alpha value is -0.590. The standard InChI is InChI=1S/C9H12O/c10-9-5-7-3-1-2-4-8(7)6-9/h1-2,7-8H,3-6H2/t7-,8?/m0/s1. The van der Waals surface area contributed by atoms with Crippen LogP contribution < -0.4 is 0 Å². The van der Waals surface area contributed by atoms with Gasteiger partial charge in [0.05, 0.1) is 0 Å². The van der Waals surface area contributed by atoms with Crippen molar-refractivity contribution in [3.63, 3.8) is 0 Å². The minimum Gasteiger partial charge on any atom is -0.300 e. The molecule has 0 amide bonds. The number of allylic oxidation sites excluding steroid dienone is 2. The van der Waals surface area contributed by atoms with Gasteiger partial charge in [-0.2, -0.15) is 0 Å². The highest BCUT2D eigenvalue weighted by molar-refractivity contribution is 5.81. The predicted molar refractivity (Wildman–Crippen MR) is 39.6 cm³/mol. The van der Waals surface area contributed by atoms with Gasteiger partial charge < -0.3 is 0 Å². The molecule has 0 spiro atoms. The molecular weight excluding hydrogens is 124 g/mol. The van der Waals surface area contributed by atoms with Crippen LogP contribution in [0.2, 0.25) is 0 Å². The van der Waals surface area contributed by atoms with Crippen LogP contribution in [0.4, 0.5) is 0 Å². The Labute approximate surface area is 61.1 Å². The average Bonchev–Trinajstić information content (AvgIpc) is 2.27. The summed E-state index contributed by atoms with van der Waals surface area (Å²) < 4.78 is 0. The molecule has 0 aromatic heterocycles. The molecule has 2 rings (SSSR count). The highest BCUT2D eigenvalue weighted by Gasteiger charge is 2.32. The zero-order valence-corrected chi connectivity index (χ0v) is 6.05. The van der Waals surface area contributed by atoms with Gasteiger partial charge in [0.1, 0.15) is 5.78 Å². The van der Waals surface area contributed by atoms with Crippen LogP contribution in [0.3, 0.4) is 0 Å². The number of carbonyl (C=O) groups is 1. The Morgan fingerprint density at radius 1 is 1.10 bits per heavy atom. The maximum atomic E-state index is 11.0. The van der Waals surface area contributed by atoms with Gasteiger partial charge in [-0.05, 0) is 24.7 Å². The molecule has 0 aromatic rings. The third-order valence-electron chi connectivity index (χ3n) is 2.69. The number of hydrogen-bond donors (Lipinski definition) is 0. The lowest BCUT2D eigenvalue weighted by Gasteiger charge is -2.18. The van der Waals surface area contributed by atoms with Crippen molar-refractivity contribution in [3.05, 3.63) is 12.2 Å². The van der Waals surface area contributed by atoms with Gasteiger partial charge in [0.2, 0.25) is 0 Å². The molecule has 54 valence electrons. The summed E-state index contributed by atoms with van der Waals surface area (Å²) in [6.07, 6.45) is 8.45. The van der Waals surface area contributed by atoms with E-state index < -0.39 is 0 Å². The number of hydrogen-bond acceptors (Lipinski definition) is 1. The summed E-state index contributed by atoms with van der Waals surface area (Å²) in [5.74, 6) is 1.90. The van der Waals surface area contributed by atoms with Crippen molar-refractivity contribution < 1.29 is 4.79 Å². The second-order valence-electron chi connectivity index (χ2n) is 3.41.